The van der Waals surface area contributed by atoms with E-state index in [4.69, 9.17) is 4.74 Å². The molecule has 0 bridgehead atoms. The maximum atomic E-state index is 12.6. The third-order valence-electron chi connectivity index (χ3n) is 5.72. The lowest BCUT2D eigenvalue weighted by Crippen LogP contribution is -2.38. The standard InChI is InChI=1S/C21H26N2O3/c1-13-5-7-18-16(11-13)17-12-15(6-8-19(17)22-18)21(25)26-14(2)20(24)23-9-3-4-10-23/h6,8,12-14,22H,3-5,7,9-11H2,1-2H3. The van der Waals surface area contributed by atoms with Crippen molar-refractivity contribution >= 4 is 22.8 Å². The summed E-state index contributed by atoms with van der Waals surface area (Å²) in [6.45, 7) is 5.46. The minimum Gasteiger partial charge on any atom is -0.449 e. The van der Waals surface area contributed by atoms with Crippen LogP contribution in [0.25, 0.3) is 10.9 Å². The maximum Gasteiger partial charge on any atom is 0.338 e. The topological polar surface area (TPSA) is 62.4 Å². The molecular weight excluding hydrogens is 328 g/mol. The minimum atomic E-state index is -0.739. The number of benzene rings is 1. The van der Waals surface area contributed by atoms with Crippen LogP contribution in [-0.2, 0) is 22.4 Å². The molecule has 1 amide bonds. The lowest BCUT2D eigenvalue weighted by molar-refractivity contribution is -0.138. The number of carbonyl (C=O) groups is 2. The van der Waals surface area contributed by atoms with E-state index in [2.05, 4.69) is 11.9 Å². The van der Waals surface area contributed by atoms with E-state index in [1.54, 1.807) is 17.9 Å². The van der Waals surface area contributed by atoms with Crippen molar-refractivity contribution in [3.8, 4) is 0 Å². The van der Waals surface area contributed by atoms with Crippen molar-refractivity contribution in [2.24, 2.45) is 5.92 Å². The molecular formula is C21H26N2O3. The molecule has 1 aliphatic carbocycles. The molecule has 2 heterocycles. The zero-order valence-corrected chi connectivity index (χ0v) is 15.5. The number of hydrogen-bond acceptors (Lipinski definition) is 3. The Hall–Kier alpha value is -2.30. The molecule has 2 aliphatic rings. The van der Waals surface area contributed by atoms with Crippen LogP contribution < -0.4 is 0 Å². The lowest BCUT2D eigenvalue weighted by Gasteiger charge is -2.20. The highest BCUT2D eigenvalue weighted by atomic mass is 16.5. The van der Waals surface area contributed by atoms with Crippen molar-refractivity contribution in [1.29, 1.82) is 0 Å². The number of rotatable bonds is 3. The molecule has 1 fully saturated rings. The molecule has 5 nitrogen and oxygen atoms in total. The van der Waals surface area contributed by atoms with Crippen LogP contribution in [0.1, 0.15) is 54.7 Å². The molecule has 2 aromatic rings. The van der Waals surface area contributed by atoms with Crippen LogP contribution in [-0.4, -0.2) is 41.0 Å². The Bertz CT molecular complexity index is 848. The second kappa shape index (κ2) is 6.78. The van der Waals surface area contributed by atoms with Gasteiger partial charge in [-0.15, -0.1) is 0 Å². The number of aromatic amines is 1. The summed E-state index contributed by atoms with van der Waals surface area (Å²) >= 11 is 0. The molecule has 1 N–H and O–H groups in total. The number of H-pyrrole nitrogens is 1. The van der Waals surface area contributed by atoms with Gasteiger partial charge in [0.25, 0.3) is 5.91 Å². The van der Waals surface area contributed by atoms with E-state index in [1.165, 1.54) is 17.7 Å². The Morgan fingerprint density at radius 1 is 1.27 bits per heavy atom. The molecule has 138 valence electrons. The smallest absolute Gasteiger partial charge is 0.338 e. The Labute approximate surface area is 153 Å². The number of hydrogen-bond donors (Lipinski definition) is 1. The Morgan fingerprint density at radius 2 is 2.04 bits per heavy atom. The van der Waals surface area contributed by atoms with E-state index in [0.29, 0.717) is 11.5 Å². The molecule has 2 unspecified atom stereocenters. The molecule has 5 heteroatoms. The van der Waals surface area contributed by atoms with Crippen molar-refractivity contribution in [3.05, 3.63) is 35.0 Å². The van der Waals surface area contributed by atoms with Gasteiger partial charge in [0, 0.05) is 29.7 Å². The fourth-order valence-electron chi connectivity index (χ4n) is 4.19. The van der Waals surface area contributed by atoms with Gasteiger partial charge in [0.15, 0.2) is 6.10 Å². The molecule has 26 heavy (non-hydrogen) atoms. The molecule has 1 saturated heterocycles. The Balaban J connectivity index is 1.53. The number of likely N-dealkylation sites (tertiary alicyclic amines) is 1. The monoisotopic (exact) mass is 354 g/mol. The largest absolute Gasteiger partial charge is 0.449 e. The lowest BCUT2D eigenvalue weighted by atomic mass is 9.87. The number of carbonyl (C=O) groups excluding carboxylic acids is 2. The summed E-state index contributed by atoms with van der Waals surface area (Å²) in [6, 6.07) is 5.64. The minimum absolute atomic E-state index is 0.0928. The predicted molar refractivity (Wildman–Crippen MR) is 100 cm³/mol. The number of nitrogens with zero attached hydrogens (tertiary/aromatic N) is 1. The third-order valence-corrected chi connectivity index (χ3v) is 5.72. The fraction of sp³-hybridized carbons (Fsp3) is 0.524. The van der Waals surface area contributed by atoms with Crippen molar-refractivity contribution in [3.63, 3.8) is 0 Å². The van der Waals surface area contributed by atoms with Crippen LogP contribution >= 0.6 is 0 Å². The molecule has 0 saturated carbocycles. The summed E-state index contributed by atoms with van der Waals surface area (Å²) in [6.07, 6.45) is 4.62. The summed E-state index contributed by atoms with van der Waals surface area (Å²) in [4.78, 5) is 30.2. The van der Waals surface area contributed by atoms with Gasteiger partial charge in [-0.25, -0.2) is 4.79 Å². The average Bonchev–Trinajstić information content (AvgIpc) is 3.28. The van der Waals surface area contributed by atoms with Gasteiger partial charge in [-0.2, -0.15) is 0 Å². The highest BCUT2D eigenvalue weighted by Crippen LogP contribution is 2.32. The van der Waals surface area contributed by atoms with Crippen LogP contribution in [0.15, 0.2) is 18.2 Å². The second-order valence-corrected chi connectivity index (χ2v) is 7.77. The quantitative estimate of drug-likeness (QED) is 0.859. The summed E-state index contributed by atoms with van der Waals surface area (Å²) in [5, 5.41) is 1.11. The van der Waals surface area contributed by atoms with Crippen LogP contribution in [0.5, 0.6) is 0 Å². The summed E-state index contributed by atoms with van der Waals surface area (Å²) in [7, 11) is 0. The first kappa shape index (κ1) is 17.1. The van der Waals surface area contributed by atoms with Gasteiger partial charge in [-0.3, -0.25) is 4.79 Å². The van der Waals surface area contributed by atoms with E-state index in [9.17, 15) is 9.59 Å². The summed E-state index contributed by atoms with van der Waals surface area (Å²) < 4.78 is 5.46. The maximum absolute atomic E-state index is 12.6. The van der Waals surface area contributed by atoms with Crippen molar-refractivity contribution in [2.45, 2.75) is 52.1 Å². The molecule has 4 rings (SSSR count). The number of aromatic nitrogens is 1. The van der Waals surface area contributed by atoms with Gasteiger partial charge in [0.05, 0.1) is 5.56 Å². The van der Waals surface area contributed by atoms with Gasteiger partial charge in [-0.05, 0) is 68.7 Å². The average molecular weight is 354 g/mol. The molecule has 1 aromatic heterocycles. The van der Waals surface area contributed by atoms with Crippen LogP contribution in [0.4, 0.5) is 0 Å². The van der Waals surface area contributed by atoms with E-state index in [0.717, 1.165) is 49.7 Å². The predicted octanol–water partition coefficient (Wildman–Crippen LogP) is 3.46. The normalized spacial score (nSPS) is 20.8. The van der Waals surface area contributed by atoms with E-state index < -0.39 is 12.1 Å². The molecule has 1 aliphatic heterocycles. The SMILES string of the molecule is CC1CCc2[nH]c3ccc(C(=O)OC(C)C(=O)N4CCCC4)cc3c2C1. The molecule has 2 atom stereocenters. The fourth-order valence-corrected chi connectivity index (χ4v) is 4.19. The van der Waals surface area contributed by atoms with Gasteiger partial charge < -0.3 is 14.6 Å². The number of amides is 1. The number of esters is 1. The van der Waals surface area contributed by atoms with Crippen LogP contribution in [0, 0.1) is 5.92 Å². The second-order valence-electron chi connectivity index (χ2n) is 7.77. The van der Waals surface area contributed by atoms with Crippen molar-refractivity contribution in [1.82, 2.24) is 9.88 Å². The molecule has 1 aromatic carbocycles. The zero-order valence-electron chi connectivity index (χ0n) is 15.5. The van der Waals surface area contributed by atoms with E-state index >= 15 is 0 Å². The first-order valence-electron chi connectivity index (χ1n) is 9.66. The number of ether oxygens (including phenoxy) is 1. The first-order valence-corrected chi connectivity index (χ1v) is 9.66. The van der Waals surface area contributed by atoms with E-state index in [-0.39, 0.29) is 5.91 Å². The first-order chi connectivity index (χ1) is 12.5. The van der Waals surface area contributed by atoms with Gasteiger partial charge >= 0.3 is 5.97 Å². The number of nitrogens with one attached hydrogen (secondary N) is 1. The van der Waals surface area contributed by atoms with Crippen LogP contribution in [0.2, 0.25) is 0 Å². The van der Waals surface area contributed by atoms with Crippen molar-refractivity contribution in [2.75, 3.05) is 13.1 Å². The Kier molecular flexibility index (Phi) is 4.47. The summed E-state index contributed by atoms with van der Waals surface area (Å²) in [5.74, 6) is 0.144. The summed E-state index contributed by atoms with van der Waals surface area (Å²) in [5.41, 5.74) is 4.20. The zero-order chi connectivity index (χ0) is 18.3. The van der Waals surface area contributed by atoms with Gasteiger partial charge in [0.1, 0.15) is 0 Å². The van der Waals surface area contributed by atoms with Crippen LogP contribution in [0.3, 0.4) is 0 Å². The Morgan fingerprint density at radius 3 is 2.81 bits per heavy atom. The van der Waals surface area contributed by atoms with Crippen molar-refractivity contribution < 1.29 is 14.3 Å². The highest BCUT2D eigenvalue weighted by molar-refractivity contribution is 5.97. The van der Waals surface area contributed by atoms with Gasteiger partial charge in [0.2, 0.25) is 0 Å². The number of fused-ring (bicyclic) bond motifs is 3. The number of aryl methyl sites for hydroxylation is 1. The molecule has 0 spiro atoms. The van der Waals surface area contributed by atoms with E-state index in [1.807, 2.05) is 12.1 Å². The molecule has 0 radical (unpaired) electrons. The highest BCUT2D eigenvalue weighted by Gasteiger charge is 2.27. The third kappa shape index (κ3) is 3.11. The van der Waals surface area contributed by atoms with Gasteiger partial charge in [-0.1, -0.05) is 6.92 Å².